The van der Waals surface area contributed by atoms with E-state index >= 15 is 0 Å². The molecule has 6 nitrogen and oxygen atoms in total. The average molecular weight is 464 g/mol. The molecule has 4 rings (SSSR count). The number of nitrogens with zero attached hydrogens (tertiary/aromatic N) is 1. The van der Waals surface area contributed by atoms with Gasteiger partial charge in [-0.15, -0.1) is 0 Å². The Bertz CT molecular complexity index is 1250. The van der Waals surface area contributed by atoms with Gasteiger partial charge in [-0.3, -0.25) is 9.59 Å². The lowest BCUT2D eigenvalue weighted by molar-refractivity contribution is -0.140. The summed E-state index contributed by atoms with van der Waals surface area (Å²) in [5.74, 6) is -1.28. The second-order valence-corrected chi connectivity index (χ2v) is 9.23. The van der Waals surface area contributed by atoms with E-state index in [0.717, 1.165) is 5.56 Å². The summed E-state index contributed by atoms with van der Waals surface area (Å²) in [4.78, 5) is 27.5. The number of amides is 1. The molecule has 1 amide bonds. The molecule has 1 aromatic heterocycles. The number of carbonyl (C=O) groups is 2. The first-order valence-corrected chi connectivity index (χ1v) is 10.9. The van der Waals surface area contributed by atoms with E-state index in [1.54, 1.807) is 49.6 Å². The van der Waals surface area contributed by atoms with Crippen molar-refractivity contribution < 1.29 is 28.2 Å². The molecule has 7 heteroatoms. The van der Waals surface area contributed by atoms with Crippen molar-refractivity contribution in [2.45, 2.75) is 38.8 Å². The topological polar surface area (TPSA) is 80.0 Å². The average Bonchev–Trinajstić information content (AvgIpc) is 3.42. The monoisotopic (exact) mass is 463 g/mol. The van der Waals surface area contributed by atoms with E-state index < -0.39 is 23.5 Å². The molecule has 0 bridgehead atoms. The minimum absolute atomic E-state index is 0.0445. The molecular weight excluding hydrogens is 437 g/mol. The van der Waals surface area contributed by atoms with Crippen LogP contribution in [0.5, 0.6) is 5.75 Å². The van der Waals surface area contributed by atoms with Crippen molar-refractivity contribution in [2.75, 3.05) is 7.11 Å². The number of methoxy groups -OCH3 is 1. The zero-order chi connectivity index (χ0) is 24.6. The molecule has 1 fully saturated rings. The minimum atomic E-state index is -0.930. The maximum absolute atomic E-state index is 13.4. The SMILES string of the molecule is COc1ccc(/C(O)=C2/C(=O)C(=O)N(Cc3ccc(F)cc3)C2c2ccco2)cc1C(C)(C)C. The van der Waals surface area contributed by atoms with E-state index in [1.165, 1.54) is 23.3 Å². The molecule has 1 unspecified atom stereocenters. The lowest BCUT2D eigenvalue weighted by Gasteiger charge is -2.24. The minimum Gasteiger partial charge on any atom is -0.507 e. The van der Waals surface area contributed by atoms with Gasteiger partial charge in [-0.25, -0.2) is 4.39 Å². The quantitative estimate of drug-likeness (QED) is 0.314. The molecule has 1 atom stereocenters. The van der Waals surface area contributed by atoms with Crippen LogP contribution in [0.4, 0.5) is 4.39 Å². The number of Topliss-reactive ketones (excluding diaryl/α,β-unsaturated/α-hetero) is 1. The van der Waals surface area contributed by atoms with Crippen LogP contribution in [0.15, 0.2) is 70.9 Å². The summed E-state index contributed by atoms with van der Waals surface area (Å²) in [6, 6.07) is 13.2. The number of aliphatic hydroxyl groups is 1. The molecule has 34 heavy (non-hydrogen) atoms. The van der Waals surface area contributed by atoms with Gasteiger partial charge in [0.2, 0.25) is 0 Å². The maximum atomic E-state index is 13.4. The van der Waals surface area contributed by atoms with Crippen LogP contribution in [0.2, 0.25) is 0 Å². The third-order valence-electron chi connectivity index (χ3n) is 5.90. The van der Waals surface area contributed by atoms with Gasteiger partial charge < -0.3 is 19.2 Å². The Kier molecular flexibility index (Phi) is 6.04. The van der Waals surface area contributed by atoms with Gasteiger partial charge in [-0.05, 0) is 53.4 Å². The highest BCUT2D eigenvalue weighted by molar-refractivity contribution is 6.46. The fourth-order valence-electron chi connectivity index (χ4n) is 4.17. The second-order valence-electron chi connectivity index (χ2n) is 9.23. The summed E-state index contributed by atoms with van der Waals surface area (Å²) >= 11 is 0. The maximum Gasteiger partial charge on any atom is 0.296 e. The lowest BCUT2D eigenvalue weighted by Crippen LogP contribution is -2.29. The molecule has 0 aliphatic carbocycles. The van der Waals surface area contributed by atoms with Crippen LogP contribution >= 0.6 is 0 Å². The highest BCUT2D eigenvalue weighted by atomic mass is 19.1. The van der Waals surface area contributed by atoms with Gasteiger partial charge >= 0.3 is 0 Å². The number of furan rings is 1. The van der Waals surface area contributed by atoms with Crippen LogP contribution in [0.1, 0.15) is 49.3 Å². The normalized spacial score (nSPS) is 17.9. The predicted octanol–water partition coefficient (Wildman–Crippen LogP) is 5.35. The van der Waals surface area contributed by atoms with Gasteiger partial charge in [0.05, 0.1) is 18.9 Å². The van der Waals surface area contributed by atoms with Crippen LogP contribution in [0.25, 0.3) is 5.76 Å². The highest BCUT2D eigenvalue weighted by Crippen LogP contribution is 2.41. The van der Waals surface area contributed by atoms with Gasteiger partial charge in [-0.1, -0.05) is 32.9 Å². The van der Waals surface area contributed by atoms with Crippen molar-refractivity contribution in [3.05, 3.63) is 94.7 Å². The fourth-order valence-corrected chi connectivity index (χ4v) is 4.17. The van der Waals surface area contributed by atoms with E-state index in [-0.39, 0.29) is 23.3 Å². The van der Waals surface area contributed by atoms with E-state index in [0.29, 0.717) is 22.6 Å². The van der Waals surface area contributed by atoms with Crippen LogP contribution in [-0.4, -0.2) is 28.8 Å². The number of benzene rings is 2. The summed E-state index contributed by atoms with van der Waals surface area (Å²) in [7, 11) is 1.57. The number of ketones is 1. The lowest BCUT2D eigenvalue weighted by atomic mass is 9.84. The van der Waals surface area contributed by atoms with Gasteiger partial charge in [0, 0.05) is 17.7 Å². The number of carbonyl (C=O) groups excluding carboxylic acids is 2. The first kappa shape index (κ1) is 23.3. The molecule has 1 aliphatic rings. The number of hydrogen-bond acceptors (Lipinski definition) is 5. The molecule has 2 aromatic carbocycles. The first-order chi connectivity index (χ1) is 16.1. The number of rotatable bonds is 5. The van der Waals surface area contributed by atoms with E-state index in [2.05, 4.69) is 0 Å². The zero-order valence-corrected chi connectivity index (χ0v) is 19.5. The molecule has 3 aromatic rings. The fraction of sp³-hybridized carbons (Fsp3) is 0.259. The van der Waals surface area contributed by atoms with Crippen LogP contribution in [-0.2, 0) is 21.5 Å². The van der Waals surface area contributed by atoms with Gasteiger partial charge in [-0.2, -0.15) is 0 Å². The van der Waals surface area contributed by atoms with Crippen molar-refractivity contribution >= 4 is 17.4 Å². The summed E-state index contributed by atoms with van der Waals surface area (Å²) in [6.07, 6.45) is 1.44. The van der Waals surface area contributed by atoms with Crippen molar-refractivity contribution in [2.24, 2.45) is 0 Å². The Hall–Kier alpha value is -3.87. The summed E-state index contributed by atoms with van der Waals surface area (Å²) < 4.78 is 24.4. The summed E-state index contributed by atoms with van der Waals surface area (Å²) in [5.41, 5.74) is 1.51. The second kappa shape index (κ2) is 8.82. The molecule has 1 saturated heterocycles. The molecule has 0 saturated carbocycles. The highest BCUT2D eigenvalue weighted by Gasteiger charge is 2.47. The van der Waals surface area contributed by atoms with Crippen molar-refractivity contribution in [1.29, 1.82) is 0 Å². The summed E-state index contributed by atoms with van der Waals surface area (Å²) in [6.45, 7) is 6.08. The van der Waals surface area contributed by atoms with Gasteiger partial charge in [0.1, 0.15) is 29.1 Å². The van der Waals surface area contributed by atoms with Gasteiger partial charge in [0.15, 0.2) is 0 Å². The largest absolute Gasteiger partial charge is 0.507 e. The number of ether oxygens (including phenoxy) is 1. The Morgan fingerprint density at radius 2 is 1.82 bits per heavy atom. The molecular formula is C27H26FNO5. The van der Waals surface area contributed by atoms with Crippen molar-refractivity contribution in [3.8, 4) is 5.75 Å². The predicted molar refractivity (Wildman–Crippen MR) is 125 cm³/mol. The van der Waals surface area contributed by atoms with E-state index in [1.807, 2.05) is 20.8 Å². The summed E-state index contributed by atoms with van der Waals surface area (Å²) in [5, 5.41) is 11.3. The van der Waals surface area contributed by atoms with Crippen LogP contribution in [0, 0.1) is 5.82 Å². The number of hydrogen-bond donors (Lipinski definition) is 1. The molecule has 1 aliphatic heterocycles. The van der Waals surface area contributed by atoms with E-state index in [4.69, 9.17) is 9.15 Å². The van der Waals surface area contributed by atoms with Crippen molar-refractivity contribution in [3.63, 3.8) is 0 Å². The third kappa shape index (κ3) is 4.21. The van der Waals surface area contributed by atoms with Gasteiger partial charge in [0.25, 0.3) is 11.7 Å². The number of aliphatic hydroxyl groups excluding tert-OH is 1. The number of likely N-dealkylation sites (tertiary alicyclic amines) is 1. The molecule has 0 spiro atoms. The Morgan fingerprint density at radius 3 is 2.41 bits per heavy atom. The Morgan fingerprint density at radius 1 is 1.12 bits per heavy atom. The smallest absolute Gasteiger partial charge is 0.296 e. The van der Waals surface area contributed by atoms with Crippen LogP contribution in [0.3, 0.4) is 0 Å². The third-order valence-corrected chi connectivity index (χ3v) is 5.90. The molecule has 0 radical (unpaired) electrons. The standard InChI is InChI=1S/C27H26FNO5/c1-27(2,3)19-14-17(9-12-20(19)33-4)24(30)22-23(21-6-5-13-34-21)29(26(32)25(22)31)15-16-7-10-18(28)11-8-16/h5-14,23,30H,15H2,1-4H3/b24-22-. The number of halogens is 1. The Labute approximate surface area is 197 Å². The van der Waals surface area contributed by atoms with E-state index in [9.17, 15) is 19.1 Å². The van der Waals surface area contributed by atoms with Crippen molar-refractivity contribution in [1.82, 2.24) is 4.90 Å². The molecule has 1 N–H and O–H groups in total. The Balaban J connectivity index is 1.84. The molecule has 176 valence electrons. The van der Waals surface area contributed by atoms with Crippen LogP contribution < -0.4 is 4.74 Å². The zero-order valence-electron chi connectivity index (χ0n) is 19.5. The first-order valence-electron chi connectivity index (χ1n) is 10.9. The molecule has 2 heterocycles.